The van der Waals surface area contributed by atoms with E-state index in [-0.39, 0.29) is 54.9 Å². The van der Waals surface area contributed by atoms with Gasteiger partial charge in [0.05, 0.1) is 30.7 Å². The molecule has 53 heavy (non-hydrogen) atoms. The van der Waals surface area contributed by atoms with Crippen molar-refractivity contribution < 1.29 is 34.1 Å². The number of ether oxygens (including phenoxy) is 1. The molecule has 2 aromatic carbocycles. The Balaban J connectivity index is 2.11. The van der Waals surface area contributed by atoms with Crippen LogP contribution in [0.3, 0.4) is 0 Å². The molecule has 0 aliphatic heterocycles. The van der Waals surface area contributed by atoms with Crippen molar-refractivity contribution in [2.24, 2.45) is 29.6 Å². The third-order valence-corrected chi connectivity index (χ3v) is 8.94. The largest absolute Gasteiger partial charge is 0.445 e. The summed E-state index contributed by atoms with van der Waals surface area (Å²) in [5.41, 5.74) is 1.78. The van der Waals surface area contributed by atoms with Crippen molar-refractivity contribution in [3.63, 3.8) is 0 Å². The molecule has 6 N–H and O–H groups in total. The average molecular weight is 739 g/mol. The Labute approximate surface area is 317 Å². The first-order valence-corrected chi connectivity index (χ1v) is 19.3. The lowest BCUT2D eigenvalue weighted by atomic mass is 9.86. The SMILES string of the molecule is CC(C)C[C@H](CC(O)[C@H](CC(C)C)NC(=O)OCc1ccccc1)C(=O)N[C@@H](CC(C)C)C(O)CC(=O)N[C@@H](CC(C)C)C(=O)NCc1ccccc1. The summed E-state index contributed by atoms with van der Waals surface area (Å²) < 4.78 is 5.42. The second kappa shape index (κ2) is 23.7. The highest BCUT2D eigenvalue weighted by atomic mass is 16.5. The van der Waals surface area contributed by atoms with Gasteiger partial charge in [0.1, 0.15) is 12.6 Å². The molecule has 11 heteroatoms. The van der Waals surface area contributed by atoms with E-state index in [4.69, 9.17) is 4.74 Å². The molecule has 0 saturated carbocycles. The maximum Gasteiger partial charge on any atom is 0.407 e. The maximum atomic E-state index is 13.9. The van der Waals surface area contributed by atoms with Gasteiger partial charge in [-0.2, -0.15) is 0 Å². The molecule has 4 amide bonds. The zero-order valence-corrected chi connectivity index (χ0v) is 33.1. The quantitative estimate of drug-likeness (QED) is 0.0830. The monoisotopic (exact) mass is 738 g/mol. The fraction of sp³-hybridized carbons (Fsp3) is 0.619. The van der Waals surface area contributed by atoms with Crippen molar-refractivity contribution in [2.45, 2.75) is 137 Å². The molecule has 0 aliphatic rings. The minimum Gasteiger partial charge on any atom is -0.445 e. The Morgan fingerprint density at radius 1 is 0.585 bits per heavy atom. The molecule has 0 heterocycles. The van der Waals surface area contributed by atoms with Gasteiger partial charge in [-0.05, 0) is 66.9 Å². The van der Waals surface area contributed by atoms with Crippen LogP contribution in [0.4, 0.5) is 4.79 Å². The molecule has 2 rings (SSSR count). The van der Waals surface area contributed by atoms with Gasteiger partial charge in [-0.1, -0.05) is 116 Å². The molecule has 0 aliphatic carbocycles. The molecular formula is C42H66N4O7. The number of alkyl carbamates (subject to hydrolysis) is 1. The van der Waals surface area contributed by atoms with E-state index in [1.54, 1.807) is 0 Å². The summed E-state index contributed by atoms with van der Waals surface area (Å²) in [6, 6.07) is 16.6. The van der Waals surface area contributed by atoms with Gasteiger partial charge in [0.2, 0.25) is 17.7 Å². The molecule has 296 valence electrons. The van der Waals surface area contributed by atoms with Crippen molar-refractivity contribution >= 4 is 23.8 Å². The van der Waals surface area contributed by atoms with Gasteiger partial charge in [-0.15, -0.1) is 0 Å². The number of carbonyl (C=O) groups excluding carboxylic acids is 4. The summed E-state index contributed by atoms with van der Waals surface area (Å²) in [7, 11) is 0. The first kappa shape index (κ1) is 45.2. The molecule has 0 aromatic heterocycles. The van der Waals surface area contributed by atoms with Crippen LogP contribution in [0.25, 0.3) is 0 Å². The molecule has 6 atom stereocenters. The van der Waals surface area contributed by atoms with E-state index in [1.807, 2.05) is 116 Å². The van der Waals surface area contributed by atoms with E-state index >= 15 is 0 Å². The van der Waals surface area contributed by atoms with Gasteiger partial charge in [0, 0.05) is 12.5 Å². The Kier molecular flexibility index (Phi) is 20.2. The van der Waals surface area contributed by atoms with Crippen LogP contribution in [-0.2, 0) is 32.3 Å². The smallest absolute Gasteiger partial charge is 0.407 e. The van der Waals surface area contributed by atoms with Gasteiger partial charge in [0.15, 0.2) is 0 Å². The number of nitrogens with one attached hydrogen (secondary N) is 4. The number of benzene rings is 2. The highest BCUT2D eigenvalue weighted by Gasteiger charge is 2.33. The first-order chi connectivity index (χ1) is 25.0. The van der Waals surface area contributed by atoms with Crippen LogP contribution in [0.2, 0.25) is 0 Å². The highest BCUT2D eigenvalue weighted by Crippen LogP contribution is 2.23. The van der Waals surface area contributed by atoms with Crippen molar-refractivity contribution in [3.8, 4) is 0 Å². The number of amides is 4. The summed E-state index contributed by atoms with van der Waals surface area (Å²) in [4.78, 5) is 53.0. The molecule has 0 spiro atoms. The van der Waals surface area contributed by atoms with E-state index in [1.165, 1.54) is 0 Å². The first-order valence-electron chi connectivity index (χ1n) is 19.3. The van der Waals surface area contributed by atoms with Crippen LogP contribution in [0.15, 0.2) is 60.7 Å². The Hall–Kier alpha value is -3.96. The second-order valence-electron chi connectivity index (χ2n) is 16.0. The number of hydrogen-bond acceptors (Lipinski definition) is 7. The van der Waals surface area contributed by atoms with E-state index in [0.29, 0.717) is 32.2 Å². The van der Waals surface area contributed by atoms with E-state index in [9.17, 15) is 29.4 Å². The van der Waals surface area contributed by atoms with Gasteiger partial charge in [0.25, 0.3) is 0 Å². The third kappa shape index (κ3) is 18.6. The Bertz CT molecular complexity index is 1370. The lowest BCUT2D eigenvalue weighted by Gasteiger charge is -2.31. The molecule has 11 nitrogen and oxygen atoms in total. The van der Waals surface area contributed by atoms with Crippen LogP contribution in [0, 0.1) is 29.6 Å². The van der Waals surface area contributed by atoms with Gasteiger partial charge >= 0.3 is 6.09 Å². The molecule has 0 radical (unpaired) electrons. The fourth-order valence-electron chi connectivity index (χ4n) is 6.39. The van der Waals surface area contributed by atoms with Crippen LogP contribution in [0.1, 0.15) is 105 Å². The summed E-state index contributed by atoms with van der Waals surface area (Å²) in [5, 5.41) is 34.3. The van der Waals surface area contributed by atoms with Gasteiger partial charge < -0.3 is 36.2 Å². The number of carbonyl (C=O) groups is 4. The van der Waals surface area contributed by atoms with E-state index < -0.39 is 48.3 Å². The van der Waals surface area contributed by atoms with Crippen molar-refractivity contribution in [1.82, 2.24) is 21.3 Å². The van der Waals surface area contributed by atoms with Crippen molar-refractivity contribution in [3.05, 3.63) is 71.8 Å². The average Bonchev–Trinajstić information content (AvgIpc) is 3.08. The summed E-state index contributed by atoms with van der Waals surface area (Å²) in [5.74, 6) is -1.27. The number of aliphatic hydroxyl groups excluding tert-OH is 2. The van der Waals surface area contributed by atoms with Gasteiger partial charge in [-0.25, -0.2) is 4.79 Å². The molecular weight excluding hydrogens is 672 g/mol. The predicted octanol–water partition coefficient (Wildman–Crippen LogP) is 5.87. The van der Waals surface area contributed by atoms with Crippen LogP contribution < -0.4 is 21.3 Å². The van der Waals surface area contributed by atoms with Crippen LogP contribution >= 0.6 is 0 Å². The molecule has 2 unspecified atom stereocenters. The summed E-state index contributed by atoms with van der Waals surface area (Å²) in [6.07, 6.45) is -1.35. The molecule has 0 saturated heterocycles. The molecule has 0 fully saturated rings. The van der Waals surface area contributed by atoms with Crippen LogP contribution in [0.5, 0.6) is 0 Å². The van der Waals surface area contributed by atoms with Crippen molar-refractivity contribution in [1.29, 1.82) is 0 Å². The third-order valence-electron chi connectivity index (χ3n) is 8.94. The second-order valence-corrected chi connectivity index (χ2v) is 16.0. The minimum atomic E-state index is -1.22. The fourth-order valence-corrected chi connectivity index (χ4v) is 6.39. The normalized spacial score (nSPS) is 15.0. The predicted molar refractivity (Wildman–Crippen MR) is 208 cm³/mol. The standard InChI is InChI=1S/C42H66N4O7/c1-27(2)19-33(23-37(47)35(21-29(5)6)46-42(52)53-26-32-17-13-10-14-18-32)40(50)45-34(20-28(3)4)38(48)24-39(49)44-36(22-30(7)8)41(51)43-25-31-15-11-9-12-16-31/h9-18,27-30,33-38,47-48H,19-26H2,1-8H3,(H,43,51)(H,44,49)(H,45,50)(H,46,52)/t33-,34+,35+,36+,37?,38?/m1/s1. The zero-order chi connectivity index (χ0) is 39.5. The number of rotatable bonds is 23. The summed E-state index contributed by atoms with van der Waals surface area (Å²) >= 11 is 0. The minimum absolute atomic E-state index is 0.0837. The number of hydrogen-bond donors (Lipinski definition) is 6. The molecule has 2 aromatic rings. The number of aliphatic hydroxyl groups is 2. The zero-order valence-electron chi connectivity index (χ0n) is 33.1. The van der Waals surface area contributed by atoms with Gasteiger partial charge in [-0.3, -0.25) is 14.4 Å². The Morgan fingerprint density at radius 2 is 1.09 bits per heavy atom. The lowest BCUT2D eigenvalue weighted by Crippen LogP contribution is -2.51. The summed E-state index contributed by atoms with van der Waals surface area (Å²) in [6.45, 7) is 16.3. The maximum absolute atomic E-state index is 13.9. The molecule has 0 bridgehead atoms. The Morgan fingerprint density at radius 3 is 1.62 bits per heavy atom. The van der Waals surface area contributed by atoms with Crippen LogP contribution in [-0.4, -0.2) is 64.4 Å². The highest BCUT2D eigenvalue weighted by molar-refractivity contribution is 5.88. The van der Waals surface area contributed by atoms with Crippen molar-refractivity contribution in [2.75, 3.05) is 0 Å². The van der Waals surface area contributed by atoms with E-state index in [2.05, 4.69) is 21.3 Å². The topological polar surface area (TPSA) is 166 Å². The lowest BCUT2D eigenvalue weighted by molar-refractivity contribution is -0.132. The van der Waals surface area contributed by atoms with E-state index in [0.717, 1.165) is 11.1 Å².